The second kappa shape index (κ2) is 9.21. The Kier molecular flexibility index (Phi) is 6.21. The van der Waals surface area contributed by atoms with Crippen LogP contribution in [0, 0.1) is 6.92 Å². The molecule has 0 N–H and O–H groups in total. The number of benzene rings is 2. The second-order valence-electron chi connectivity index (χ2n) is 8.19. The monoisotopic (exact) mass is 416 g/mol. The molecule has 31 heavy (non-hydrogen) atoms. The van der Waals surface area contributed by atoms with E-state index in [1.54, 1.807) is 17.8 Å². The van der Waals surface area contributed by atoms with Crippen LogP contribution < -0.4 is 10.2 Å². The van der Waals surface area contributed by atoms with Gasteiger partial charge in [-0.05, 0) is 36.5 Å². The highest BCUT2D eigenvalue weighted by molar-refractivity contribution is 5.95. The van der Waals surface area contributed by atoms with Gasteiger partial charge in [0.2, 0.25) is 5.43 Å². The lowest BCUT2D eigenvalue weighted by Gasteiger charge is -2.34. The number of hydrogen-bond donors (Lipinski definition) is 0. The van der Waals surface area contributed by atoms with Crippen molar-refractivity contribution in [2.45, 2.75) is 32.3 Å². The lowest BCUT2D eigenvalue weighted by molar-refractivity contribution is 0.0690. The Morgan fingerprint density at radius 2 is 1.81 bits per heavy atom. The van der Waals surface area contributed by atoms with Gasteiger partial charge >= 0.3 is 0 Å². The number of aromatic nitrogens is 1. The number of pyridine rings is 1. The first kappa shape index (κ1) is 20.9. The average molecular weight is 417 g/mol. The van der Waals surface area contributed by atoms with Crippen LogP contribution in [-0.4, -0.2) is 28.5 Å². The number of aryl methyl sites for hydroxylation is 2. The molecule has 1 aromatic heterocycles. The molecule has 1 aliphatic heterocycles. The maximum Gasteiger partial charge on any atom is 0.274 e. The lowest BCUT2D eigenvalue weighted by atomic mass is 9.88. The van der Waals surface area contributed by atoms with Gasteiger partial charge in [-0.1, -0.05) is 54.6 Å². The van der Waals surface area contributed by atoms with Crippen LogP contribution in [0.3, 0.4) is 0 Å². The number of likely N-dealkylation sites (tertiary alicyclic amines) is 1. The number of hydrogen-bond acceptors (Lipinski definition) is 3. The summed E-state index contributed by atoms with van der Waals surface area (Å²) in [6.45, 7) is 3.69. The normalized spacial score (nSPS) is 16.2. The Morgan fingerprint density at radius 1 is 1.06 bits per heavy atom. The van der Waals surface area contributed by atoms with Crippen LogP contribution in [0.15, 0.2) is 71.7 Å². The smallest absolute Gasteiger partial charge is 0.274 e. The summed E-state index contributed by atoms with van der Waals surface area (Å²) in [6, 6.07) is 19.5. The van der Waals surface area contributed by atoms with Crippen LogP contribution >= 0.6 is 0 Å². The van der Waals surface area contributed by atoms with E-state index in [2.05, 4.69) is 25.1 Å². The number of amides is 1. The third-order valence-electron chi connectivity index (χ3n) is 6.01. The molecule has 0 saturated carbocycles. The topological polar surface area (TPSA) is 51.5 Å². The fraction of sp³-hybridized carbons (Fsp3) is 0.308. The van der Waals surface area contributed by atoms with Crippen molar-refractivity contribution in [1.82, 2.24) is 9.47 Å². The van der Waals surface area contributed by atoms with Crippen LogP contribution in [0.2, 0.25) is 0 Å². The van der Waals surface area contributed by atoms with E-state index in [4.69, 9.17) is 4.74 Å². The minimum absolute atomic E-state index is 0.122. The maximum atomic E-state index is 13.6. The van der Waals surface area contributed by atoms with Crippen LogP contribution in [0.4, 0.5) is 0 Å². The standard InChI is InChI=1S/C26H28N2O3/c1-19-9-6-7-13-22(19)21-12-8-15-28(17-21)26(30)24-25(23(29)14-16-27(24)2)31-18-20-10-4-3-5-11-20/h3-7,9-11,13-14,16,21H,8,12,15,17-18H2,1-2H3. The summed E-state index contributed by atoms with van der Waals surface area (Å²) in [4.78, 5) is 28.0. The number of nitrogens with zero attached hydrogens (tertiary/aromatic N) is 2. The Bertz CT molecular complexity index is 1120. The zero-order valence-electron chi connectivity index (χ0n) is 18.1. The predicted octanol–water partition coefficient (Wildman–Crippen LogP) is 4.29. The predicted molar refractivity (Wildman–Crippen MR) is 122 cm³/mol. The van der Waals surface area contributed by atoms with Crippen LogP contribution in [0.5, 0.6) is 5.75 Å². The van der Waals surface area contributed by atoms with Crippen molar-refractivity contribution in [2.75, 3.05) is 13.1 Å². The van der Waals surface area contributed by atoms with Crippen LogP contribution in [0.1, 0.15) is 45.9 Å². The molecule has 1 unspecified atom stereocenters. The van der Waals surface area contributed by atoms with Crippen molar-refractivity contribution in [3.63, 3.8) is 0 Å². The Morgan fingerprint density at radius 3 is 2.58 bits per heavy atom. The summed E-state index contributed by atoms with van der Waals surface area (Å²) >= 11 is 0. The minimum Gasteiger partial charge on any atom is -0.483 e. The van der Waals surface area contributed by atoms with E-state index in [1.165, 1.54) is 17.2 Å². The molecular formula is C26H28N2O3. The van der Waals surface area contributed by atoms with Crippen molar-refractivity contribution < 1.29 is 9.53 Å². The van der Waals surface area contributed by atoms with Gasteiger partial charge in [0.25, 0.3) is 5.91 Å². The third-order valence-corrected chi connectivity index (χ3v) is 6.01. The Hall–Kier alpha value is -3.34. The molecule has 2 aromatic carbocycles. The van der Waals surface area contributed by atoms with Gasteiger partial charge in [-0.3, -0.25) is 9.59 Å². The number of carbonyl (C=O) groups excluding carboxylic acids is 1. The summed E-state index contributed by atoms with van der Waals surface area (Å²) in [6.07, 6.45) is 3.62. The molecule has 1 fully saturated rings. The van der Waals surface area contributed by atoms with Crippen molar-refractivity contribution in [2.24, 2.45) is 7.05 Å². The van der Waals surface area contributed by atoms with Gasteiger partial charge in [0, 0.05) is 38.3 Å². The molecule has 1 aliphatic rings. The Balaban J connectivity index is 1.59. The molecule has 160 valence electrons. The first-order valence-corrected chi connectivity index (χ1v) is 10.8. The molecule has 0 bridgehead atoms. The average Bonchev–Trinajstić information content (AvgIpc) is 2.80. The maximum absolute atomic E-state index is 13.6. The molecule has 5 heteroatoms. The molecule has 5 nitrogen and oxygen atoms in total. The molecule has 1 saturated heterocycles. The molecule has 1 atom stereocenters. The largest absolute Gasteiger partial charge is 0.483 e. The summed E-state index contributed by atoms with van der Waals surface area (Å²) < 4.78 is 7.59. The van der Waals surface area contributed by atoms with E-state index in [0.717, 1.165) is 18.4 Å². The zero-order valence-corrected chi connectivity index (χ0v) is 18.1. The van der Waals surface area contributed by atoms with Gasteiger partial charge in [0.1, 0.15) is 6.61 Å². The van der Waals surface area contributed by atoms with Crippen molar-refractivity contribution in [3.8, 4) is 5.75 Å². The summed E-state index contributed by atoms with van der Waals surface area (Å²) in [5, 5.41) is 0. The van der Waals surface area contributed by atoms with Gasteiger partial charge in [0.05, 0.1) is 0 Å². The highest BCUT2D eigenvalue weighted by Crippen LogP contribution is 2.30. The van der Waals surface area contributed by atoms with Gasteiger partial charge in [-0.2, -0.15) is 0 Å². The zero-order chi connectivity index (χ0) is 21.8. The highest BCUT2D eigenvalue weighted by Gasteiger charge is 2.29. The molecular weight excluding hydrogens is 388 g/mol. The van der Waals surface area contributed by atoms with E-state index in [-0.39, 0.29) is 23.7 Å². The van der Waals surface area contributed by atoms with Gasteiger partial charge in [-0.25, -0.2) is 0 Å². The van der Waals surface area contributed by atoms with Crippen molar-refractivity contribution in [3.05, 3.63) is 99.5 Å². The second-order valence-corrected chi connectivity index (χ2v) is 8.19. The first-order valence-electron chi connectivity index (χ1n) is 10.8. The molecule has 1 amide bonds. The number of piperidine rings is 1. The van der Waals surface area contributed by atoms with Crippen LogP contribution in [0.25, 0.3) is 0 Å². The SMILES string of the molecule is Cc1ccccc1C1CCCN(C(=O)c2c(OCc3ccccc3)c(=O)ccn2C)C1. The van der Waals surface area contributed by atoms with E-state index >= 15 is 0 Å². The molecule has 0 aliphatic carbocycles. The van der Waals surface area contributed by atoms with Gasteiger partial charge in [-0.15, -0.1) is 0 Å². The van der Waals surface area contributed by atoms with E-state index < -0.39 is 0 Å². The fourth-order valence-corrected chi connectivity index (χ4v) is 4.33. The van der Waals surface area contributed by atoms with E-state index in [1.807, 2.05) is 41.3 Å². The van der Waals surface area contributed by atoms with Crippen LogP contribution in [-0.2, 0) is 13.7 Å². The quantitative estimate of drug-likeness (QED) is 0.623. The van der Waals surface area contributed by atoms with Gasteiger partial charge in [0.15, 0.2) is 11.4 Å². The molecule has 2 heterocycles. The van der Waals surface area contributed by atoms with E-state index in [9.17, 15) is 9.59 Å². The fourth-order valence-electron chi connectivity index (χ4n) is 4.33. The Labute approximate surface area is 182 Å². The minimum atomic E-state index is -0.273. The number of rotatable bonds is 5. The molecule has 0 radical (unpaired) electrons. The summed E-state index contributed by atoms with van der Waals surface area (Å²) in [5.41, 5.74) is 3.53. The molecule has 0 spiro atoms. The first-order chi connectivity index (χ1) is 15.0. The third kappa shape index (κ3) is 4.55. The molecule has 3 aromatic rings. The van der Waals surface area contributed by atoms with Crippen molar-refractivity contribution >= 4 is 5.91 Å². The molecule has 4 rings (SSSR count). The number of ether oxygens (including phenoxy) is 1. The summed E-state index contributed by atoms with van der Waals surface area (Å²) in [7, 11) is 1.78. The van der Waals surface area contributed by atoms with E-state index in [0.29, 0.717) is 24.7 Å². The lowest BCUT2D eigenvalue weighted by Crippen LogP contribution is -2.41. The van der Waals surface area contributed by atoms with Crippen molar-refractivity contribution in [1.29, 1.82) is 0 Å². The highest BCUT2D eigenvalue weighted by atomic mass is 16.5. The summed E-state index contributed by atoms with van der Waals surface area (Å²) in [5.74, 6) is 0.270. The van der Waals surface area contributed by atoms with Gasteiger partial charge < -0.3 is 14.2 Å². The number of carbonyl (C=O) groups is 1.